The van der Waals surface area contributed by atoms with Crippen LogP contribution in [0.4, 0.5) is 0 Å². The highest BCUT2D eigenvalue weighted by molar-refractivity contribution is 5.87. The van der Waals surface area contributed by atoms with Crippen molar-refractivity contribution in [3.63, 3.8) is 0 Å². The molecule has 0 fully saturated rings. The molecule has 1 aromatic heterocycles. The van der Waals surface area contributed by atoms with E-state index in [1.165, 1.54) is 6.20 Å². The lowest BCUT2D eigenvalue weighted by Gasteiger charge is -2.15. The van der Waals surface area contributed by atoms with E-state index in [1.54, 1.807) is 0 Å². The topological polar surface area (TPSA) is 164 Å². The molecule has 0 amide bonds. The van der Waals surface area contributed by atoms with Crippen LogP contribution in [0.1, 0.15) is 17.5 Å². The van der Waals surface area contributed by atoms with Crippen molar-refractivity contribution in [2.45, 2.75) is 30.8 Å². The van der Waals surface area contributed by atoms with Crippen molar-refractivity contribution >= 4 is 5.78 Å². The van der Waals surface area contributed by atoms with Gasteiger partial charge in [0.1, 0.15) is 12.2 Å². The number of aliphatic hydroxyl groups is 6. The number of hydrogen-bond acceptors (Lipinski definition) is 9. The van der Waals surface area contributed by atoms with Crippen molar-refractivity contribution < 1.29 is 35.4 Å². The molecule has 1 heterocycles. The van der Waals surface area contributed by atoms with Crippen molar-refractivity contribution in [1.29, 1.82) is 0 Å². The maximum absolute atomic E-state index is 11.4. The van der Waals surface area contributed by atoms with E-state index in [1.807, 2.05) is 0 Å². The molecular weight excluding hydrogens is 284 g/mol. The van der Waals surface area contributed by atoms with Crippen molar-refractivity contribution in [3.8, 4) is 0 Å². The van der Waals surface area contributed by atoms with Gasteiger partial charge in [0, 0.05) is 12.6 Å². The molecule has 9 heteroatoms. The third-order valence-electron chi connectivity index (χ3n) is 2.83. The molecule has 0 aliphatic heterocycles. The summed E-state index contributed by atoms with van der Waals surface area (Å²) in [4.78, 5) is 19.1. The van der Waals surface area contributed by atoms with Crippen LogP contribution in [-0.4, -0.2) is 77.9 Å². The first kappa shape index (κ1) is 17.6. The molecule has 0 saturated carbocycles. The van der Waals surface area contributed by atoms with Gasteiger partial charge in [0.2, 0.25) is 0 Å². The summed E-state index contributed by atoms with van der Waals surface area (Å²) in [7, 11) is 0. The first-order chi connectivity index (χ1) is 9.90. The zero-order chi connectivity index (χ0) is 16.0. The van der Waals surface area contributed by atoms with Crippen molar-refractivity contribution in [1.82, 2.24) is 9.97 Å². The summed E-state index contributed by atoms with van der Waals surface area (Å²) in [5, 5.41) is 54.8. The van der Waals surface area contributed by atoms with Crippen LogP contribution in [0.3, 0.4) is 0 Å². The normalized spacial score (nSPS) is 17.0. The van der Waals surface area contributed by atoms with Gasteiger partial charge < -0.3 is 30.6 Å². The molecular formula is C12H18N2O7. The SMILES string of the molecule is O=C([C@H](O)CO)[C@H](O)c1cnc(C[C@H](O)[C@H](O)CO)cn1. The summed E-state index contributed by atoms with van der Waals surface area (Å²) >= 11 is 0. The fourth-order valence-electron chi connectivity index (χ4n) is 1.50. The van der Waals surface area contributed by atoms with Crippen LogP contribution >= 0.6 is 0 Å². The number of Topliss-reactive ketones (excluding diaryl/α,β-unsaturated/α-hetero) is 1. The lowest BCUT2D eigenvalue weighted by Crippen LogP contribution is -2.31. The quantitative estimate of drug-likeness (QED) is 0.288. The smallest absolute Gasteiger partial charge is 0.198 e. The van der Waals surface area contributed by atoms with E-state index in [2.05, 4.69) is 9.97 Å². The monoisotopic (exact) mass is 302 g/mol. The predicted octanol–water partition coefficient (Wildman–Crippen LogP) is -3.31. The number of aromatic nitrogens is 2. The largest absolute Gasteiger partial charge is 0.394 e. The summed E-state index contributed by atoms with van der Waals surface area (Å²) in [6.07, 6.45) is -3.76. The minimum absolute atomic E-state index is 0.0711. The number of carbonyl (C=O) groups excluding carboxylic acids is 1. The zero-order valence-electron chi connectivity index (χ0n) is 11.1. The van der Waals surface area contributed by atoms with Crippen LogP contribution in [-0.2, 0) is 11.2 Å². The Morgan fingerprint density at radius 1 is 1.00 bits per heavy atom. The Kier molecular flexibility index (Phi) is 6.75. The summed E-state index contributed by atoms with van der Waals surface area (Å²) in [5.41, 5.74) is 0.162. The first-order valence-electron chi connectivity index (χ1n) is 6.19. The van der Waals surface area contributed by atoms with Crippen LogP contribution in [0.15, 0.2) is 12.4 Å². The number of carbonyl (C=O) groups is 1. The van der Waals surface area contributed by atoms with Gasteiger partial charge in [-0.2, -0.15) is 0 Å². The third-order valence-corrected chi connectivity index (χ3v) is 2.83. The maximum atomic E-state index is 11.4. The van der Waals surface area contributed by atoms with Gasteiger partial charge in [-0.1, -0.05) is 0 Å². The van der Waals surface area contributed by atoms with Crippen LogP contribution in [0.25, 0.3) is 0 Å². The van der Waals surface area contributed by atoms with Crippen LogP contribution in [0.5, 0.6) is 0 Å². The molecule has 0 aliphatic carbocycles. The standard InChI is InChI=1S/C12H18N2O7/c15-4-9(18)8(17)1-6-2-14-7(3-13-6)11(20)12(21)10(19)5-16/h2-3,8-11,15-20H,1,4-5H2/t8-,9+,10+,11+/m0/s1. The second-order valence-electron chi connectivity index (χ2n) is 4.46. The minimum atomic E-state index is -1.72. The van der Waals surface area contributed by atoms with Gasteiger partial charge in [0.25, 0.3) is 0 Å². The van der Waals surface area contributed by atoms with E-state index in [0.29, 0.717) is 0 Å². The molecule has 4 atom stereocenters. The average Bonchev–Trinajstić information content (AvgIpc) is 2.52. The first-order valence-corrected chi connectivity index (χ1v) is 6.19. The Labute approximate surface area is 120 Å². The highest BCUT2D eigenvalue weighted by Crippen LogP contribution is 2.13. The summed E-state index contributed by atoms with van der Waals surface area (Å²) in [6, 6.07) is 0. The molecule has 0 bridgehead atoms. The Morgan fingerprint density at radius 3 is 2.14 bits per heavy atom. The van der Waals surface area contributed by atoms with E-state index >= 15 is 0 Å². The summed E-state index contributed by atoms with van der Waals surface area (Å²) in [6.45, 7) is -1.41. The van der Waals surface area contributed by atoms with E-state index in [-0.39, 0.29) is 17.8 Å². The fraction of sp³-hybridized carbons (Fsp3) is 0.583. The van der Waals surface area contributed by atoms with Crippen LogP contribution in [0.2, 0.25) is 0 Å². The van der Waals surface area contributed by atoms with Gasteiger partial charge >= 0.3 is 0 Å². The molecule has 0 aromatic carbocycles. The predicted molar refractivity (Wildman–Crippen MR) is 67.9 cm³/mol. The highest BCUT2D eigenvalue weighted by Gasteiger charge is 2.26. The number of aliphatic hydroxyl groups excluding tert-OH is 6. The van der Waals surface area contributed by atoms with E-state index < -0.39 is 43.4 Å². The molecule has 9 nitrogen and oxygen atoms in total. The molecule has 0 unspecified atom stereocenters. The van der Waals surface area contributed by atoms with Crippen LogP contribution < -0.4 is 0 Å². The lowest BCUT2D eigenvalue weighted by atomic mass is 10.1. The molecule has 0 saturated heterocycles. The summed E-state index contributed by atoms with van der Waals surface area (Å²) in [5.74, 6) is -1.00. The Balaban J connectivity index is 2.71. The van der Waals surface area contributed by atoms with Gasteiger partial charge in [0.15, 0.2) is 11.9 Å². The van der Waals surface area contributed by atoms with Crippen LogP contribution in [0, 0.1) is 0 Å². The Bertz CT molecular complexity index is 453. The number of nitrogens with zero attached hydrogens (tertiary/aromatic N) is 2. The van der Waals surface area contributed by atoms with E-state index in [0.717, 1.165) is 6.20 Å². The number of ketones is 1. The molecule has 0 radical (unpaired) electrons. The van der Waals surface area contributed by atoms with Gasteiger partial charge in [-0.25, -0.2) is 0 Å². The molecule has 0 aliphatic rings. The van der Waals surface area contributed by atoms with E-state index in [4.69, 9.17) is 15.3 Å². The highest BCUT2D eigenvalue weighted by atomic mass is 16.4. The van der Waals surface area contributed by atoms with Crippen molar-refractivity contribution in [2.75, 3.05) is 13.2 Å². The number of hydrogen-bond donors (Lipinski definition) is 6. The van der Waals surface area contributed by atoms with Crippen molar-refractivity contribution in [3.05, 3.63) is 23.8 Å². The van der Waals surface area contributed by atoms with E-state index in [9.17, 15) is 20.1 Å². The zero-order valence-corrected chi connectivity index (χ0v) is 11.1. The molecule has 118 valence electrons. The summed E-state index contributed by atoms with van der Waals surface area (Å²) < 4.78 is 0. The molecule has 1 aromatic rings. The van der Waals surface area contributed by atoms with Gasteiger partial charge in [-0.05, 0) is 0 Å². The molecule has 0 spiro atoms. The Morgan fingerprint density at radius 2 is 1.67 bits per heavy atom. The minimum Gasteiger partial charge on any atom is -0.394 e. The fourth-order valence-corrected chi connectivity index (χ4v) is 1.50. The Hall–Kier alpha value is -1.49. The average molecular weight is 302 g/mol. The molecule has 6 N–H and O–H groups in total. The number of rotatable bonds is 8. The molecule has 21 heavy (non-hydrogen) atoms. The van der Waals surface area contributed by atoms with Gasteiger partial charge in [-0.3, -0.25) is 14.8 Å². The maximum Gasteiger partial charge on any atom is 0.198 e. The molecule has 1 rings (SSSR count). The van der Waals surface area contributed by atoms with Gasteiger partial charge in [-0.15, -0.1) is 0 Å². The third kappa shape index (κ3) is 4.77. The second kappa shape index (κ2) is 8.08. The second-order valence-corrected chi connectivity index (χ2v) is 4.46. The van der Waals surface area contributed by atoms with Gasteiger partial charge in [0.05, 0.1) is 36.9 Å². The lowest BCUT2D eigenvalue weighted by molar-refractivity contribution is -0.138. The van der Waals surface area contributed by atoms with Crippen molar-refractivity contribution in [2.24, 2.45) is 0 Å².